The molecule has 1 N–H and O–H groups in total. The molecule has 0 saturated carbocycles. The zero-order valence-electron chi connectivity index (χ0n) is 13.1. The first-order valence-corrected chi connectivity index (χ1v) is 7.54. The van der Waals surface area contributed by atoms with Gasteiger partial charge in [0.15, 0.2) is 5.69 Å². The highest BCUT2D eigenvalue weighted by molar-refractivity contribution is 5.63. The van der Waals surface area contributed by atoms with Gasteiger partial charge in [0.25, 0.3) is 0 Å². The van der Waals surface area contributed by atoms with Crippen molar-refractivity contribution in [1.29, 1.82) is 0 Å². The van der Waals surface area contributed by atoms with Crippen molar-refractivity contribution in [2.24, 2.45) is 0 Å². The molecular formula is C16H17F3N4O. The molecule has 0 spiro atoms. The molecule has 2 aromatic rings. The number of hydrogen-bond donors (Lipinski definition) is 1. The van der Waals surface area contributed by atoms with Gasteiger partial charge in [-0.3, -0.25) is 0 Å². The average molecular weight is 338 g/mol. The maximum Gasteiger partial charge on any atom is 0.433 e. The molecule has 1 saturated heterocycles. The Morgan fingerprint density at radius 1 is 1.12 bits per heavy atom. The highest BCUT2D eigenvalue weighted by Crippen LogP contribution is 2.32. The summed E-state index contributed by atoms with van der Waals surface area (Å²) in [5.74, 6) is 0.660. The number of rotatable bonds is 3. The standard InChI is InChI=1S/C16H17F3N4O/c1-24-12-4-2-3-11(9-12)13-10-14(16(17,18)19)22-15(21-13)23-7-5-20-6-8-23/h2-4,9-10,20H,5-8H2,1H3. The summed E-state index contributed by atoms with van der Waals surface area (Å²) in [6.07, 6.45) is -4.53. The van der Waals surface area contributed by atoms with Gasteiger partial charge in [-0.1, -0.05) is 12.1 Å². The second-order valence-electron chi connectivity index (χ2n) is 5.41. The van der Waals surface area contributed by atoms with Crippen LogP contribution in [0.25, 0.3) is 11.3 Å². The predicted molar refractivity (Wildman–Crippen MR) is 84.1 cm³/mol. The first-order chi connectivity index (χ1) is 11.5. The van der Waals surface area contributed by atoms with Crippen LogP contribution in [-0.4, -0.2) is 43.3 Å². The van der Waals surface area contributed by atoms with Crippen molar-refractivity contribution in [3.8, 4) is 17.0 Å². The van der Waals surface area contributed by atoms with Gasteiger partial charge in [0, 0.05) is 31.7 Å². The molecule has 0 amide bonds. The van der Waals surface area contributed by atoms with Crippen LogP contribution in [0.2, 0.25) is 0 Å². The molecule has 24 heavy (non-hydrogen) atoms. The molecule has 0 bridgehead atoms. The normalized spacial score (nSPS) is 15.4. The summed E-state index contributed by atoms with van der Waals surface area (Å²) in [5, 5.41) is 3.15. The number of nitrogens with one attached hydrogen (secondary N) is 1. The Bertz CT molecular complexity index is 715. The van der Waals surface area contributed by atoms with E-state index in [4.69, 9.17) is 4.74 Å². The number of alkyl halides is 3. The summed E-state index contributed by atoms with van der Waals surface area (Å²) in [6, 6.07) is 7.78. The highest BCUT2D eigenvalue weighted by Gasteiger charge is 2.34. The number of benzene rings is 1. The maximum atomic E-state index is 13.2. The number of methoxy groups -OCH3 is 1. The van der Waals surface area contributed by atoms with E-state index >= 15 is 0 Å². The lowest BCUT2D eigenvalue weighted by atomic mass is 10.1. The van der Waals surface area contributed by atoms with E-state index in [0.717, 1.165) is 6.07 Å². The number of piperazine rings is 1. The van der Waals surface area contributed by atoms with Crippen molar-refractivity contribution in [2.45, 2.75) is 6.18 Å². The Kier molecular flexibility index (Phi) is 4.57. The van der Waals surface area contributed by atoms with Crippen LogP contribution in [0, 0.1) is 0 Å². The second kappa shape index (κ2) is 6.64. The first-order valence-electron chi connectivity index (χ1n) is 7.54. The van der Waals surface area contributed by atoms with Crippen molar-refractivity contribution < 1.29 is 17.9 Å². The van der Waals surface area contributed by atoms with Crippen LogP contribution in [0.3, 0.4) is 0 Å². The molecule has 8 heteroatoms. The molecule has 1 aromatic heterocycles. The number of ether oxygens (including phenoxy) is 1. The zero-order valence-corrected chi connectivity index (χ0v) is 13.1. The largest absolute Gasteiger partial charge is 0.497 e. The van der Waals surface area contributed by atoms with E-state index in [9.17, 15) is 13.2 Å². The lowest BCUT2D eigenvalue weighted by Gasteiger charge is -2.28. The molecular weight excluding hydrogens is 321 g/mol. The zero-order chi connectivity index (χ0) is 17.2. The van der Waals surface area contributed by atoms with Gasteiger partial charge < -0.3 is 15.0 Å². The van der Waals surface area contributed by atoms with Gasteiger partial charge in [-0.2, -0.15) is 13.2 Å². The molecule has 0 radical (unpaired) electrons. The van der Waals surface area contributed by atoms with E-state index in [1.165, 1.54) is 7.11 Å². The maximum absolute atomic E-state index is 13.2. The quantitative estimate of drug-likeness (QED) is 0.932. The van der Waals surface area contributed by atoms with Crippen LogP contribution in [0.5, 0.6) is 5.75 Å². The summed E-state index contributed by atoms with van der Waals surface area (Å²) in [4.78, 5) is 9.83. The van der Waals surface area contributed by atoms with Gasteiger partial charge in [-0.05, 0) is 18.2 Å². The van der Waals surface area contributed by atoms with Crippen molar-refractivity contribution in [3.63, 3.8) is 0 Å². The fraction of sp³-hybridized carbons (Fsp3) is 0.375. The molecule has 1 fully saturated rings. The third kappa shape index (κ3) is 3.59. The van der Waals surface area contributed by atoms with Crippen molar-refractivity contribution in [3.05, 3.63) is 36.0 Å². The second-order valence-corrected chi connectivity index (χ2v) is 5.41. The monoisotopic (exact) mass is 338 g/mol. The van der Waals surface area contributed by atoms with Crippen LogP contribution in [0.1, 0.15) is 5.69 Å². The Morgan fingerprint density at radius 2 is 1.88 bits per heavy atom. The minimum atomic E-state index is -4.53. The Hall–Kier alpha value is -2.35. The van der Waals surface area contributed by atoms with Crippen LogP contribution in [-0.2, 0) is 6.18 Å². The van der Waals surface area contributed by atoms with Crippen LogP contribution in [0.15, 0.2) is 30.3 Å². The van der Waals surface area contributed by atoms with E-state index in [1.807, 2.05) is 0 Å². The van der Waals surface area contributed by atoms with Gasteiger partial charge in [0.2, 0.25) is 5.95 Å². The number of hydrogen-bond acceptors (Lipinski definition) is 5. The predicted octanol–water partition coefficient (Wildman–Crippen LogP) is 2.58. The summed E-state index contributed by atoms with van der Waals surface area (Å²) in [6.45, 7) is 2.51. The molecule has 128 valence electrons. The third-order valence-electron chi connectivity index (χ3n) is 3.77. The lowest BCUT2D eigenvalue weighted by Crippen LogP contribution is -2.44. The molecule has 3 rings (SSSR count). The average Bonchev–Trinajstić information content (AvgIpc) is 2.61. The van der Waals surface area contributed by atoms with Gasteiger partial charge in [0.1, 0.15) is 5.75 Å². The topological polar surface area (TPSA) is 50.3 Å². The van der Waals surface area contributed by atoms with Crippen LogP contribution < -0.4 is 15.0 Å². The number of halogens is 3. The minimum absolute atomic E-state index is 0.101. The molecule has 1 aliphatic rings. The van der Waals surface area contributed by atoms with Gasteiger partial charge in [-0.15, -0.1) is 0 Å². The molecule has 0 atom stereocenters. The Balaban J connectivity index is 2.07. The Morgan fingerprint density at radius 3 is 2.54 bits per heavy atom. The lowest BCUT2D eigenvalue weighted by molar-refractivity contribution is -0.141. The molecule has 1 aromatic carbocycles. The number of aromatic nitrogens is 2. The Labute approximate surface area is 137 Å². The highest BCUT2D eigenvalue weighted by atomic mass is 19.4. The van der Waals surface area contributed by atoms with E-state index in [0.29, 0.717) is 37.5 Å². The molecule has 0 aliphatic carbocycles. The molecule has 0 unspecified atom stereocenters. The third-order valence-corrected chi connectivity index (χ3v) is 3.77. The first kappa shape index (κ1) is 16.5. The smallest absolute Gasteiger partial charge is 0.433 e. The number of anilines is 1. The van der Waals surface area contributed by atoms with Gasteiger partial charge >= 0.3 is 6.18 Å². The minimum Gasteiger partial charge on any atom is -0.497 e. The van der Waals surface area contributed by atoms with E-state index in [1.54, 1.807) is 29.2 Å². The summed E-state index contributed by atoms with van der Waals surface area (Å²) in [7, 11) is 1.51. The number of nitrogens with zero attached hydrogens (tertiary/aromatic N) is 3. The van der Waals surface area contributed by atoms with E-state index in [-0.39, 0.29) is 11.6 Å². The van der Waals surface area contributed by atoms with Crippen molar-refractivity contribution in [2.75, 3.05) is 38.2 Å². The molecule has 5 nitrogen and oxygen atoms in total. The fourth-order valence-electron chi connectivity index (χ4n) is 2.52. The van der Waals surface area contributed by atoms with Crippen LogP contribution >= 0.6 is 0 Å². The van der Waals surface area contributed by atoms with Crippen molar-refractivity contribution in [1.82, 2.24) is 15.3 Å². The SMILES string of the molecule is COc1cccc(-c2cc(C(F)(F)F)nc(N3CCNCC3)n2)c1. The summed E-state index contributed by atoms with van der Waals surface area (Å²) in [5.41, 5.74) is -0.160. The van der Waals surface area contributed by atoms with Crippen LogP contribution in [0.4, 0.5) is 19.1 Å². The van der Waals surface area contributed by atoms with Gasteiger partial charge in [-0.25, -0.2) is 9.97 Å². The summed E-state index contributed by atoms with van der Waals surface area (Å²) >= 11 is 0. The molecule has 1 aliphatic heterocycles. The van der Waals surface area contributed by atoms with Gasteiger partial charge in [0.05, 0.1) is 12.8 Å². The van der Waals surface area contributed by atoms with E-state index in [2.05, 4.69) is 15.3 Å². The van der Waals surface area contributed by atoms with E-state index < -0.39 is 11.9 Å². The van der Waals surface area contributed by atoms with Crippen molar-refractivity contribution >= 4 is 5.95 Å². The summed E-state index contributed by atoms with van der Waals surface area (Å²) < 4.78 is 44.8. The molecule has 2 heterocycles. The fourth-order valence-corrected chi connectivity index (χ4v) is 2.52.